The van der Waals surface area contributed by atoms with Gasteiger partial charge < -0.3 is 0 Å². The molecule has 3 unspecified atom stereocenters. The molecule has 4 aliphatic rings. The minimum absolute atomic E-state index is 0.560. The second-order valence-electron chi connectivity index (χ2n) is 6.33. The minimum Gasteiger partial charge on any atom is -0.165 e. The van der Waals surface area contributed by atoms with Crippen molar-refractivity contribution in [2.45, 2.75) is 32.9 Å². The maximum absolute atomic E-state index is 2.43. The van der Waals surface area contributed by atoms with E-state index in [1.54, 1.807) is 0 Å². The first-order valence-corrected chi connectivity index (χ1v) is 7.58. The van der Waals surface area contributed by atoms with Crippen LogP contribution >= 0.6 is 0 Å². The highest BCUT2D eigenvalue weighted by Crippen LogP contribution is 2.52. The maximum atomic E-state index is 2.43. The van der Waals surface area contributed by atoms with E-state index in [4.69, 9.17) is 0 Å². The molecule has 0 aromatic heterocycles. The third-order valence-corrected chi connectivity index (χ3v) is 5.42. The zero-order valence-corrected chi connectivity index (χ0v) is 12.3. The lowest BCUT2D eigenvalue weighted by atomic mass is 10.0. The highest BCUT2D eigenvalue weighted by molar-refractivity contribution is 5.54. The summed E-state index contributed by atoms with van der Waals surface area (Å²) in [5.74, 6) is 0. The predicted molar refractivity (Wildman–Crippen MR) is 83.2 cm³/mol. The standard InChI is InChI=1S/C18H22N2/c1-15-8-6-7-11-18(15)20-13-12-19(14-20,16(20)2)17-9-4-3-5-10-17/h4,6-13,16H,3,5,14H2,1-2H3/q+2. The Morgan fingerprint density at radius 3 is 2.55 bits per heavy atom. The zero-order chi connectivity index (χ0) is 13.8. The van der Waals surface area contributed by atoms with Gasteiger partial charge in [-0.15, -0.1) is 0 Å². The van der Waals surface area contributed by atoms with Gasteiger partial charge >= 0.3 is 0 Å². The number of hydrogen-bond donors (Lipinski definition) is 0. The fraction of sp³-hybridized carbons (Fsp3) is 0.333. The van der Waals surface area contributed by atoms with Crippen molar-refractivity contribution in [1.29, 1.82) is 0 Å². The summed E-state index contributed by atoms with van der Waals surface area (Å²) in [6.45, 7) is 5.76. The van der Waals surface area contributed by atoms with Crippen LogP contribution in [0.3, 0.4) is 0 Å². The van der Waals surface area contributed by atoms with Crippen molar-refractivity contribution in [3.63, 3.8) is 0 Å². The Morgan fingerprint density at radius 1 is 1.05 bits per heavy atom. The molecule has 1 fully saturated rings. The first-order chi connectivity index (χ1) is 9.69. The van der Waals surface area contributed by atoms with E-state index in [0.29, 0.717) is 6.17 Å². The molecule has 3 aliphatic heterocycles. The summed E-state index contributed by atoms with van der Waals surface area (Å²) in [5, 5.41) is 0. The number of hydrogen-bond acceptors (Lipinski definition) is 0. The van der Waals surface area contributed by atoms with Crippen LogP contribution in [0.2, 0.25) is 0 Å². The van der Waals surface area contributed by atoms with E-state index < -0.39 is 0 Å². The second kappa shape index (κ2) is 3.94. The van der Waals surface area contributed by atoms with Gasteiger partial charge in [-0.1, -0.05) is 24.3 Å². The van der Waals surface area contributed by atoms with E-state index in [1.165, 1.54) is 29.8 Å². The normalized spacial score (nSPS) is 37.7. The van der Waals surface area contributed by atoms with Crippen LogP contribution in [0.1, 0.15) is 25.3 Å². The largest absolute Gasteiger partial charge is 0.240 e. The van der Waals surface area contributed by atoms with Crippen LogP contribution in [0.25, 0.3) is 0 Å². The molecule has 0 radical (unpaired) electrons. The summed E-state index contributed by atoms with van der Waals surface area (Å²) >= 11 is 0. The summed E-state index contributed by atoms with van der Waals surface area (Å²) in [4.78, 5) is 0. The van der Waals surface area contributed by atoms with E-state index in [2.05, 4.69) is 68.7 Å². The van der Waals surface area contributed by atoms with Gasteiger partial charge in [0.15, 0.2) is 12.4 Å². The quantitative estimate of drug-likeness (QED) is 0.705. The van der Waals surface area contributed by atoms with Crippen molar-refractivity contribution >= 4 is 5.69 Å². The molecule has 0 N–H and O–H groups in total. The van der Waals surface area contributed by atoms with Crippen molar-refractivity contribution < 1.29 is 4.48 Å². The summed E-state index contributed by atoms with van der Waals surface area (Å²) in [6.07, 6.45) is 14.9. The molecule has 2 heteroatoms. The Kier molecular flexibility index (Phi) is 2.39. The van der Waals surface area contributed by atoms with Gasteiger partial charge in [-0.05, 0) is 31.9 Å². The van der Waals surface area contributed by atoms with Gasteiger partial charge in [-0.3, -0.25) is 0 Å². The fourth-order valence-electron chi connectivity index (χ4n) is 4.16. The Labute approximate surface area is 121 Å². The average molecular weight is 266 g/mol. The smallest absolute Gasteiger partial charge is 0.165 e. The van der Waals surface area contributed by atoms with Gasteiger partial charge in [0.05, 0.1) is 0 Å². The molecule has 3 heterocycles. The van der Waals surface area contributed by atoms with E-state index in [9.17, 15) is 0 Å². The van der Waals surface area contributed by atoms with Crippen LogP contribution in [-0.2, 0) is 0 Å². The highest BCUT2D eigenvalue weighted by Gasteiger charge is 2.70. The Hall–Kier alpha value is -1.64. The molecule has 1 aromatic rings. The molecule has 0 spiro atoms. The lowest BCUT2D eigenvalue weighted by Gasteiger charge is -2.53. The molecule has 20 heavy (non-hydrogen) atoms. The summed E-state index contributed by atoms with van der Waals surface area (Å²) in [6, 6.07) is 8.82. The van der Waals surface area contributed by atoms with Crippen LogP contribution in [0.15, 0.2) is 60.6 Å². The molecule has 5 rings (SSSR count). The van der Waals surface area contributed by atoms with Crippen LogP contribution in [0.5, 0.6) is 0 Å². The monoisotopic (exact) mass is 266 g/mol. The number of benzene rings is 1. The molecule has 2 nitrogen and oxygen atoms in total. The number of allylic oxidation sites excluding steroid dienone is 3. The molecule has 1 saturated heterocycles. The van der Waals surface area contributed by atoms with Crippen molar-refractivity contribution in [2.75, 3.05) is 6.67 Å². The lowest BCUT2D eigenvalue weighted by Crippen LogP contribution is -2.77. The SMILES string of the molecule is Cc1ccccc1[N+]12C=C[N+](C3=CCCC=C3)(C1)C2C. The van der Waals surface area contributed by atoms with E-state index in [1.807, 2.05) is 0 Å². The third kappa shape index (κ3) is 1.31. The van der Waals surface area contributed by atoms with Crippen LogP contribution in [0, 0.1) is 6.92 Å². The summed E-state index contributed by atoms with van der Waals surface area (Å²) < 4.78 is 2.04. The summed E-state index contributed by atoms with van der Waals surface area (Å²) in [5.41, 5.74) is 4.35. The number of para-hydroxylation sites is 1. The van der Waals surface area contributed by atoms with Crippen LogP contribution in [-0.4, -0.2) is 17.3 Å². The molecule has 2 bridgehead atoms. The number of quaternary nitrogens is 2. The van der Waals surface area contributed by atoms with Gasteiger partial charge in [-0.25, -0.2) is 0 Å². The zero-order valence-electron chi connectivity index (χ0n) is 12.3. The van der Waals surface area contributed by atoms with Crippen molar-refractivity contribution in [2.24, 2.45) is 0 Å². The molecule has 1 aromatic carbocycles. The first kappa shape index (κ1) is 12.1. The molecule has 0 saturated carbocycles. The molecule has 0 amide bonds. The summed E-state index contributed by atoms with van der Waals surface area (Å²) in [7, 11) is 0. The number of nitrogens with zero attached hydrogens (tertiary/aromatic N) is 2. The van der Waals surface area contributed by atoms with Gasteiger partial charge in [0.2, 0.25) is 12.8 Å². The Morgan fingerprint density at radius 2 is 1.85 bits per heavy atom. The molecular formula is C18H22N2+2. The maximum Gasteiger partial charge on any atom is 0.240 e. The second-order valence-corrected chi connectivity index (χ2v) is 6.33. The predicted octanol–water partition coefficient (Wildman–Crippen LogP) is 4.15. The van der Waals surface area contributed by atoms with E-state index >= 15 is 0 Å². The molecule has 1 aliphatic carbocycles. The van der Waals surface area contributed by atoms with Gasteiger partial charge in [0.25, 0.3) is 0 Å². The molecule has 102 valence electrons. The Balaban J connectivity index is 1.74. The van der Waals surface area contributed by atoms with E-state index in [0.717, 1.165) is 15.6 Å². The van der Waals surface area contributed by atoms with Gasteiger partial charge in [0.1, 0.15) is 11.4 Å². The minimum atomic E-state index is 0.560. The van der Waals surface area contributed by atoms with Crippen molar-refractivity contribution in [1.82, 2.24) is 4.48 Å². The van der Waals surface area contributed by atoms with Crippen molar-refractivity contribution in [3.05, 3.63) is 66.2 Å². The van der Waals surface area contributed by atoms with Gasteiger partial charge in [-0.2, -0.15) is 8.97 Å². The lowest BCUT2D eigenvalue weighted by molar-refractivity contribution is -0.923. The topological polar surface area (TPSA) is 0 Å². The molecule has 3 atom stereocenters. The van der Waals surface area contributed by atoms with E-state index in [-0.39, 0.29) is 0 Å². The Bertz CT molecular complexity index is 655. The fourth-order valence-corrected chi connectivity index (χ4v) is 4.16. The molecular weight excluding hydrogens is 244 g/mol. The van der Waals surface area contributed by atoms with Gasteiger partial charge in [0, 0.05) is 18.6 Å². The number of aryl methyl sites for hydroxylation is 1. The van der Waals surface area contributed by atoms with Crippen LogP contribution in [0.4, 0.5) is 5.69 Å². The number of rotatable bonds is 2. The third-order valence-electron chi connectivity index (χ3n) is 5.42. The van der Waals surface area contributed by atoms with Crippen LogP contribution < -0.4 is 4.48 Å². The first-order valence-electron chi connectivity index (χ1n) is 7.58. The highest BCUT2D eigenvalue weighted by atomic mass is 15.8. The average Bonchev–Trinajstić information content (AvgIpc) is 3.03. The van der Waals surface area contributed by atoms with Crippen molar-refractivity contribution in [3.8, 4) is 0 Å².